The molecule has 90 valence electrons. The van der Waals surface area contributed by atoms with Crippen LogP contribution < -0.4 is 4.57 Å². The lowest BCUT2D eigenvalue weighted by Gasteiger charge is -2.03. The van der Waals surface area contributed by atoms with E-state index in [0.29, 0.717) is 17.1 Å². The quantitative estimate of drug-likeness (QED) is 0.683. The van der Waals surface area contributed by atoms with Crippen molar-refractivity contribution in [3.63, 3.8) is 0 Å². The fourth-order valence-electron chi connectivity index (χ4n) is 2.05. The van der Waals surface area contributed by atoms with Gasteiger partial charge in [0, 0.05) is 5.56 Å². The van der Waals surface area contributed by atoms with Crippen LogP contribution in [0.25, 0.3) is 11.0 Å². The van der Waals surface area contributed by atoms with Gasteiger partial charge in [-0.05, 0) is 24.3 Å². The van der Waals surface area contributed by atoms with Gasteiger partial charge in [0.15, 0.2) is 11.0 Å². The summed E-state index contributed by atoms with van der Waals surface area (Å²) in [5.74, 6) is -0.278. The van der Waals surface area contributed by atoms with Gasteiger partial charge in [-0.3, -0.25) is 0 Å². The predicted molar refractivity (Wildman–Crippen MR) is 69.0 cm³/mol. The van der Waals surface area contributed by atoms with Crippen LogP contribution >= 0.6 is 11.6 Å². The number of nitrogens with zero attached hydrogens (tertiary/aromatic N) is 1. The van der Waals surface area contributed by atoms with Gasteiger partial charge in [-0.1, -0.05) is 29.8 Å². The van der Waals surface area contributed by atoms with Crippen molar-refractivity contribution in [2.45, 2.75) is 6.54 Å². The molecule has 2 nitrogen and oxygen atoms in total. The van der Waals surface area contributed by atoms with Crippen LogP contribution in [0.4, 0.5) is 4.39 Å². The zero-order chi connectivity index (χ0) is 12.5. The maximum Gasteiger partial charge on any atom is 0.242 e. The number of para-hydroxylation sites is 2. The summed E-state index contributed by atoms with van der Waals surface area (Å²) in [5.41, 5.74) is 2.55. The van der Waals surface area contributed by atoms with Gasteiger partial charge in [0.25, 0.3) is 0 Å². The Bertz CT molecular complexity index is 686. The molecule has 0 amide bonds. The summed E-state index contributed by atoms with van der Waals surface area (Å²) >= 11 is 6.03. The number of aromatic nitrogens is 2. The van der Waals surface area contributed by atoms with Gasteiger partial charge in [-0.25, -0.2) is 13.9 Å². The van der Waals surface area contributed by atoms with Crippen molar-refractivity contribution in [1.82, 2.24) is 4.98 Å². The smallest absolute Gasteiger partial charge is 0.242 e. The van der Waals surface area contributed by atoms with Crippen LogP contribution in [0.15, 0.2) is 48.8 Å². The van der Waals surface area contributed by atoms with Gasteiger partial charge in [0.05, 0.1) is 5.02 Å². The van der Waals surface area contributed by atoms with Crippen molar-refractivity contribution in [1.29, 1.82) is 0 Å². The number of hydrogen-bond donors (Lipinski definition) is 1. The lowest BCUT2D eigenvalue weighted by Crippen LogP contribution is -2.33. The lowest BCUT2D eigenvalue weighted by molar-refractivity contribution is -0.662. The second kappa shape index (κ2) is 4.42. The van der Waals surface area contributed by atoms with Crippen LogP contribution in [0.3, 0.4) is 0 Å². The second-order valence-electron chi connectivity index (χ2n) is 4.12. The number of rotatable bonds is 2. The highest BCUT2D eigenvalue weighted by Crippen LogP contribution is 2.19. The van der Waals surface area contributed by atoms with Crippen LogP contribution in [0, 0.1) is 5.82 Å². The molecule has 3 rings (SSSR count). The Labute approximate surface area is 109 Å². The van der Waals surface area contributed by atoms with Crippen molar-refractivity contribution in [3.8, 4) is 0 Å². The Kier molecular flexibility index (Phi) is 2.76. The highest BCUT2D eigenvalue weighted by Gasteiger charge is 2.14. The molecule has 0 saturated carbocycles. The molecule has 0 aliphatic rings. The van der Waals surface area contributed by atoms with Gasteiger partial charge >= 0.3 is 0 Å². The van der Waals surface area contributed by atoms with Crippen molar-refractivity contribution in [2.75, 3.05) is 0 Å². The Balaban J connectivity index is 2.07. The molecule has 0 bridgehead atoms. The summed E-state index contributed by atoms with van der Waals surface area (Å²) in [7, 11) is 0. The number of halogens is 2. The van der Waals surface area contributed by atoms with E-state index in [2.05, 4.69) is 4.98 Å². The summed E-state index contributed by atoms with van der Waals surface area (Å²) in [6, 6.07) is 12.6. The molecule has 4 heteroatoms. The summed E-state index contributed by atoms with van der Waals surface area (Å²) in [6.07, 6.45) is 1.83. The van der Waals surface area contributed by atoms with E-state index in [-0.39, 0.29) is 5.82 Å². The van der Waals surface area contributed by atoms with Gasteiger partial charge in [0.1, 0.15) is 12.4 Å². The first-order valence-corrected chi connectivity index (χ1v) is 6.02. The summed E-state index contributed by atoms with van der Waals surface area (Å²) in [4.78, 5) is 3.14. The number of imidazole rings is 1. The zero-order valence-electron chi connectivity index (χ0n) is 9.53. The van der Waals surface area contributed by atoms with E-state index in [9.17, 15) is 4.39 Å². The van der Waals surface area contributed by atoms with Crippen LogP contribution in [0.5, 0.6) is 0 Å². The van der Waals surface area contributed by atoms with Gasteiger partial charge in [0.2, 0.25) is 6.33 Å². The number of nitrogens with one attached hydrogen (secondary N) is 1. The lowest BCUT2D eigenvalue weighted by atomic mass is 10.2. The van der Waals surface area contributed by atoms with E-state index < -0.39 is 0 Å². The molecular formula is C14H11ClFN2+. The first kappa shape index (κ1) is 11.2. The van der Waals surface area contributed by atoms with E-state index in [0.717, 1.165) is 11.0 Å². The fraction of sp³-hybridized carbons (Fsp3) is 0.0714. The molecule has 1 heterocycles. The topological polar surface area (TPSA) is 19.7 Å². The Morgan fingerprint density at radius 2 is 1.94 bits per heavy atom. The highest BCUT2D eigenvalue weighted by molar-refractivity contribution is 6.31. The second-order valence-corrected chi connectivity index (χ2v) is 4.53. The third-order valence-electron chi connectivity index (χ3n) is 2.98. The summed E-state index contributed by atoms with van der Waals surface area (Å²) < 4.78 is 15.7. The van der Waals surface area contributed by atoms with Crippen molar-refractivity contribution < 1.29 is 8.96 Å². The molecule has 1 N–H and O–H groups in total. The number of benzene rings is 2. The van der Waals surface area contributed by atoms with Crippen LogP contribution in [0.2, 0.25) is 5.02 Å². The predicted octanol–water partition coefficient (Wildman–Crippen LogP) is 3.30. The normalized spacial score (nSPS) is 11.0. The molecule has 0 saturated heterocycles. The van der Waals surface area contributed by atoms with Crippen LogP contribution in [-0.4, -0.2) is 4.98 Å². The minimum atomic E-state index is -0.278. The molecule has 1 aromatic heterocycles. The third kappa shape index (κ3) is 1.87. The third-order valence-corrected chi connectivity index (χ3v) is 3.33. The molecule has 0 spiro atoms. The van der Waals surface area contributed by atoms with Crippen molar-refractivity contribution in [3.05, 3.63) is 65.2 Å². The van der Waals surface area contributed by atoms with Crippen molar-refractivity contribution in [2.24, 2.45) is 0 Å². The van der Waals surface area contributed by atoms with E-state index >= 15 is 0 Å². The highest BCUT2D eigenvalue weighted by atomic mass is 35.5. The van der Waals surface area contributed by atoms with Crippen LogP contribution in [0.1, 0.15) is 5.56 Å². The maximum absolute atomic E-state index is 13.7. The summed E-state index contributed by atoms with van der Waals surface area (Å²) in [6.45, 7) is 0.412. The van der Waals surface area contributed by atoms with E-state index in [1.54, 1.807) is 12.1 Å². The zero-order valence-corrected chi connectivity index (χ0v) is 10.3. The average molecular weight is 262 g/mol. The monoisotopic (exact) mass is 261 g/mol. The molecule has 0 aliphatic heterocycles. The molecule has 18 heavy (non-hydrogen) atoms. The van der Waals surface area contributed by atoms with Crippen molar-refractivity contribution >= 4 is 22.6 Å². The Morgan fingerprint density at radius 1 is 1.11 bits per heavy atom. The molecule has 0 radical (unpaired) electrons. The molecule has 0 unspecified atom stereocenters. The molecule has 0 fully saturated rings. The summed E-state index contributed by atoms with van der Waals surface area (Å²) in [5, 5.41) is 0.452. The first-order chi connectivity index (χ1) is 8.75. The van der Waals surface area contributed by atoms with E-state index in [1.165, 1.54) is 6.07 Å². The largest absolute Gasteiger partial charge is 0.243 e. The molecular weight excluding hydrogens is 251 g/mol. The number of hydrogen-bond acceptors (Lipinski definition) is 0. The average Bonchev–Trinajstić information content (AvgIpc) is 2.77. The number of fused-ring (bicyclic) bond motifs is 1. The molecule has 3 aromatic rings. The minimum Gasteiger partial charge on any atom is -0.243 e. The van der Waals surface area contributed by atoms with E-state index in [1.807, 2.05) is 35.2 Å². The molecule has 0 atom stereocenters. The van der Waals surface area contributed by atoms with Gasteiger partial charge < -0.3 is 0 Å². The standard InChI is InChI=1S/C14H10ClFN2/c15-11-4-3-5-12(16)10(11)8-18-9-17-13-6-1-2-7-14(13)18/h1-7,9H,8H2/p+1. The fourth-order valence-corrected chi connectivity index (χ4v) is 2.27. The van der Waals surface area contributed by atoms with Crippen LogP contribution in [-0.2, 0) is 6.54 Å². The minimum absolute atomic E-state index is 0.278. The SMILES string of the molecule is Fc1cccc(Cl)c1C[n+]1c[nH]c2ccccc21. The Morgan fingerprint density at radius 3 is 2.78 bits per heavy atom. The number of aromatic amines is 1. The Hall–Kier alpha value is -1.87. The first-order valence-electron chi connectivity index (χ1n) is 5.64. The maximum atomic E-state index is 13.7. The molecule has 0 aliphatic carbocycles. The van der Waals surface area contributed by atoms with Gasteiger partial charge in [-0.15, -0.1) is 0 Å². The number of H-pyrrole nitrogens is 1. The van der Waals surface area contributed by atoms with Gasteiger partial charge in [-0.2, -0.15) is 0 Å². The van der Waals surface area contributed by atoms with E-state index in [4.69, 9.17) is 11.6 Å². The molecule has 2 aromatic carbocycles.